The van der Waals surface area contributed by atoms with Crippen LogP contribution in [0.25, 0.3) is 33.3 Å². The van der Waals surface area contributed by atoms with Crippen LogP contribution in [-0.2, 0) is 0 Å². The van der Waals surface area contributed by atoms with E-state index < -0.39 is 0 Å². The van der Waals surface area contributed by atoms with Crippen molar-refractivity contribution in [1.82, 2.24) is 4.98 Å². The third-order valence-corrected chi connectivity index (χ3v) is 5.42. The highest BCUT2D eigenvalue weighted by atomic mass is 16.3. The first-order valence-corrected chi connectivity index (χ1v) is 9.87. The van der Waals surface area contributed by atoms with Crippen LogP contribution in [-0.4, -0.2) is 10.9 Å². The van der Waals surface area contributed by atoms with Crippen molar-refractivity contribution in [3.63, 3.8) is 0 Å². The SMILES string of the molecule is Cc1c(-c2ccc3c(NC(=O)c4ccccc4)ccc(C)c3n2)oc2ccccc12. The number of nitrogens with zero attached hydrogens (tertiary/aromatic N) is 1. The highest BCUT2D eigenvalue weighted by Crippen LogP contribution is 2.34. The third-order valence-electron chi connectivity index (χ3n) is 5.42. The van der Waals surface area contributed by atoms with Crippen molar-refractivity contribution in [1.29, 1.82) is 0 Å². The number of aromatic nitrogens is 1. The maximum Gasteiger partial charge on any atom is 0.255 e. The van der Waals surface area contributed by atoms with Crippen LogP contribution in [0.1, 0.15) is 21.5 Å². The summed E-state index contributed by atoms with van der Waals surface area (Å²) in [7, 11) is 0. The predicted molar refractivity (Wildman–Crippen MR) is 121 cm³/mol. The van der Waals surface area contributed by atoms with E-state index in [0.717, 1.165) is 50.1 Å². The Kier molecular flexibility index (Phi) is 4.32. The van der Waals surface area contributed by atoms with Crippen LogP contribution < -0.4 is 5.32 Å². The number of pyridine rings is 1. The van der Waals surface area contributed by atoms with Gasteiger partial charge >= 0.3 is 0 Å². The lowest BCUT2D eigenvalue weighted by atomic mass is 10.1. The summed E-state index contributed by atoms with van der Waals surface area (Å²) in [5.74, 6) is 0.634. The van der Waals surface area contributed by atoms with E-state index in [9.17, 15) is 4.79 Å². The van der Waals surface area contributed by atoms with Gasteiger partial charge in [0.05, 0.1) is 11.2 Å². The summed E-state index contributed by atoms with van der Waals surface area (Å²) in [6.07, 6.45) is 0. The number of carbonyl (C=O) groups excluding carboxylic acids is 1. The predicted octanol–water partition coefficient (Wildman–Crippen LogP) is 6.52. The number of hydrogen-bond acceptors (Lipinski definition) is 3. The van der Waals surface area contributed by atoms with Gasteiger partial charge in [0.25, 0.3) is 5.91 Å². The molecule has 2 heterocycles. The van der Waals surface area contributed by atoms with E-state index in [1.54, 1.807) is 12.1 Å². The Morgan fingerprint density at radius 1 is 0.833 bits per heavy atom. The Morgan fingerprint density at radius 2 is 1.60 bits per heavy atom. The molecule has 0 saturated heterocycles. The van der Waals surface area contributed by atoms with Gasteiger partial charge in [0, 0.05) is 21.9 Å². The fourth-order valence-corrected chi connectivity index (χ4v) is 3.79. The Balaban J connectivity index is 1.59. The molecule has 1 amide bonds. The van der Waals surface area contributed by atoms with Gasteiger partial charge in [-0.1, -0.05) is 42.5 Å². The Bertz CT molecular complexity index is 1400. The molecule has 0 bridgehead atoms. The van der Waals surface area contributed by atoms with Gasteiger partial charge in [0.15, 0.2) is 5.76 Å². The number of aryl methyl sites for hydroxylation is 2. The van der Waals surface area contributed by atoms with E-state index in [4.69, 9.17) is 9.40 Å². The van der Waals surface area contributed by atoms with E-state index >= 15 is 0 Å². The van der Waals surface area contributed by atoms with E-state index in [0.29, 0.717) is 5.56 Å². The smallest absolute Gasteiger partial charge is 0.255 e. The van der Waals surface area contributed by atoms with Crippen molar-refractivity contribution < 1.29 is 9.21 Å². The average Bonchev–Trinajstić information content (AvgIpc) is 3.13. The number of carbonyl (C=O) groups is 1. The van der Waals surface area contributed by atoms with Crippen LogP contribution in [0.15, 0.2) is 83.3 Å². The largest absolute Gasteiger partial charge is 0.454 e. The summed E-state index contributed by atoms with van der Waals surface area (Å²) >= 11 is 0. The summed E-state index contributed by atoms with van der Waals surface area (Å²) < 4.78 is 6.09. The molecule has 5 rings (SSSR count). The van der Waals surface area contributed by atoms with E-state index in [-0.39, 0.29) is 5.91 Å². The lowest BCUT2D eigenvalue weighted by Crippen LogP contribution is -2.12. The van der Waals surface area contributed by atoms with Gasteiger partial charge in [-0.2, -0.15) is 0 Å². The fraction of sp³-hybridized carbons (Fsp3) is 0.0769. The number of amides is 1. The average molecular weight is 392 g/mol. The van der Waals surface area contributed by atoms with Crippen LogP contribution in [0.5, 0.6) is 0 Å². The second-order valence-electron chi connectivity index (χ2n) is 7.40. The number of para-hydroxylation sites is 1. The molecule has 0 radical (unpaired) electrons. The van der Waals surface area contributed by atoms with Gasteiger partial charge in [-0.05, 0) is 55.8 Å². The second kappa shape index (κ2) is 7.16. The molecule has 2 aromatic heterocycles. The molecule has 4 heteroatoms. The van der Waals surface area contributed by atoms with Gasteiger partial charge in [-0.3, -0.25) is 4.79 Å². The number of fused-ring (bicyclic) bond motifs is 2. The van der Waals surface area contributed by atoms with Gasteiger partial charge in [0.2, 0.25) is 0 Å². The van der Waals surface area contributed by atoms with Gasteiger partial charge in [-0.25, -0.2) is 4.98 Å². The molecule has 4 nitrogen and oxygen atoms in total. The summed E-state index contributed by atoms with van der Waals surface area (Å²) in [5.41, 5.74) is 5.96. The van der Waals surface area contributed by atoms with E-state index in [1.807, 2.05) is 67.6 Å². The monoisotopic (exact) mass is 392 g/mol. The second-order valence-corrected chi connectivity index (χ2v) is 7.40. The molecular formula is C26H20N2O2. The van der Waals surface area contributed by atoms with Crippen molar-refractivity contribution in [2.24, 2.45) is 0 Å². The number of rotatable bonds is 3. The minimum atomic E-state index is -0.141. The molecule has 0 unspecified atom stereocenters. The lowest BCUT2D eigenvalue weighted by Gasteiger charge is -2.11. The van der Waals surface area contributed by atoms with Crippen LogP contribution in [0.4, 0.5) is 5.69 Å². The number of nitrogens with one attached hydrogen (secondary N) is 1. The Labute approximate surface area is 174 Å². The van der Waals surface area contributed by atoms with Gasteiger partial charge in [-0.15, -0.1) is 0 Å². The molecule has 0 atom stereocenters. The van der Waals surface area contributed by atoms with Crippen molar-refractivity contribution in [2.45, 2.75) is 13.8 Å². The molecule has 0 aliphatic carbocycles. The molecule has 0 fully saturated rings. The maximum atomic E-state index is 12.6. The molecule has 1 N–H and O–H groups in total. The molecule has 30 heavy (non-hydrogen) atoms. The number of furan rings is 1. The quantitative estimate of drug-likeness (QED) is 0.380. The molecule has 0 spiro atoms. The zero-order chi connectivity index (χ0) is 20.7. The third kappa shape index (κ3) is 3.03. The van der Waals surface area contributed by atoms with Crippen LogP contribution in [0.2, 0.25) is 0 Å². The summed E-state index contributed by atoms with van der Waals surface area (Å²) in [4.78, 5) is 17.5. The van der Waals surface area contributed by atoms with Crippen molar-refractivity contribution in [3.05, 3.63) is 95.6 Å². The topological polar surface area (TPSA) is 55.1 Å². The first-order chi connectivity index (χ1) is 14.6. The highest BCUT2D eigenvalue weighted by Gasteiger charge is 2.16. The normalized spacial score (nSPS) is 11.1. The van der Waals surface area contributed by atoms with Gasteiger partial charge < -0.3 is 9.73 Å². The summed E-state index contributed by atoms with van der Waals surface area (Å²) in [5, 5.41) is 5.01. The van der Waals surface area contributed by atoms with Crippen molar-refractivity contribution in [3.8, 4) is 11.5 Å². The first kappa shape index (κ1) is 18.1. The van der Waals surface area contributed by atoms with Crippen molar-refractivity contribution in [2.75, 3.05) is 5.32 Å². The molecule has 3 aromatic carbocycles. The molecule has 146 valence electrons. The minimum Gasteiger partial charge on any atom is -0.454 e. The van der Waals surface area contributed by atoms with Gasteiger partial charge in [0.1, 0.15) is 11.3 Å². The van der Waals surface area contributed by atoms with Crippen LogP contribution >= 0.6 is 0 Å². The molecule has 0 aliphatic heterocycles. The molecular weight excluding hydrogens is 372 g/mol. The Hall–Kier alpha value is -3.92. The van der Waals surface area contributed by atoms with E-state index in [1.165, 1.54) is 0 Å². The standard InChI is InChI=1S/C26H20N2O2/c1-16-12-14-21(28-26(29)18-8-4-3-5-9-18)20-13-15-22(27-24(16)20)25-17(2)19-10-6-7-11-23(19)30-25/h3-15H,1-2H3,(H,28,29). The fourth-order valence-electron chi connectivity index (χ4n) is 3.79. The van der Waals surface area contributed by atoms with Crippen LogP contribution in [0, 0.1) is 13.8 Å². The number of benzene rings is 3. The maximum absolute atomic E-state index is 12.6. The van der Waals surface area contributed by atoms with E-state index in [2.05, 4.69) is 18.3 Å². The number of hydrogen-bond donors (Lipinski definition) is 1. The summed E-state index contributed by atoms with van der Waals surface area (Å²) in [6, 6.07) is 25.0. The Morgan fingerprint density at radius 3 is 2.40 bits per heavy atom. The molecule has 0 aliphatic rings. The van der Waals surface area contributed by atoms with Crippen LogP contribution in [0.3, 0.4) is 0 Å². The number of anilines is 1. The zero-order valence-corrected chi connectivity index (χ0v) is 16.8. The van der Waals surface area contributed by atoms with Crippen molar-refractivity contribution >= 4 is 33.5 Å². The first-order valence-electron chi connectivity index (χ1n) is 9.87. The lowest BCUT2D eigenvalue weighted by molar-refractivity contribution is 0.102. The summed E-state index contributed by atoms with van der Waals surface area (Å²) in [6.45, 7) is 4.07. The minimum absolute atomic E-state index is 0.141. The highest BCUT2D eigenvalue weighted by molar-refractivity contribution is 6.09. The zero-order valence-electron chi connectivity index (χ0n) is 16.8. The molecule has 5 aromatic rings. The molecule has 0 saturated carbocycles.